The smallest absolute Gasteiger partial charge is 0.255 e. The second-order valence-electron chi connectivity index (χ2n) is 8.75. The fourth-order valence-corrected chi connectivity index (χ4v) is 5.58. The number of carbonyl (C=O) groups is 1. The van der Waals surface area contributed by atoms with Gasteiger partial charge in [0.25, 0.3) is 5.91 Å². The summed E-state index contributed by atoms with van der Waals surface area (Å²) in [6, 6.07) is 9.20. The molecule has 2 heterocycles. The third-order valence-electron chi connectivity index (χ3n) is 6.22. The molecule has 2 N–H and O–H groups in total. The van der Waals surface area contributed by atoms with E-state index in [9.17, 15) is 4.79 Å². The molecule has 3 aromatic rings. The van der Waals surface area contributed by atoms with E-state index in [2.05, 4.69) is 33.5 Å². The molecule has 1 amide bonds. The topological polar surface area (TPSA) is 90.3 Å². The van der Waals surface area contributed by atoms with Crippen LogP contribution in [0.15, 0.2) is 51.2 Å². The van der Waals surface area contributed by atoms with Gasteiger partial charge in [-0.15, -0.1) is 5.10 Å². The van der Waals surface area contributed by atoms with Crippen LogP contribution in [0.1, 0.15) is 49.9 Å². The van der Waals surface area contributed by atoms with Crippen molar-refractivity contribution in [2.75, 3.05) is 30.1 Å². The Kier molecular flexibility index (Phi) is 8.49. The molecule has 0 fully saturated rings. The van der Waals surface area contributed by atoms with Crippen LogP contribution in [-0.4, -0.2) is 40.1 Å². The van der Waals surface area contributed by atoms with Gasteiger partial charge in [-0.1, -0.05) is 30.8 Å². The van der Waals surface area contributed by atoms with Crippen LogP contribution in [0.4, 0.5) is 11.6 Å². The Hall–Kier alpha value is -2.98. The maximum atomic E-state index is 13.9. The van der Waals surface area contributed by atoms with Gasteiger partial charge in [-0.25, -0.2) is 4.68 Å². The number of rotatable bonds is 9. The zero-order valence-corrected chi connectivity index (χ0v) is 24.3. The number of hydrogen-bond acceptors (Lipinski definition) is 7. The Bertz CT molecular complexity index is 1350. The minimum Gasteiger partial charge on any atom is -0.492 e. The highest BCUT2D eigenvalue weighted by Gasteiger charge is 2.35. The number of hydrogen-bond donors (Lipinski definition) is 2. The summed E-state index contributed by atoms with van der Waals surface area (Å²) >= 11 is 5.22. The highest BCUT2D eigenvalue weighted by molar-refractivity contribution is 9.10. The largest absolute Gasteiger partial charge is 0.492 e. The van der Waals surface area contributed by atoms with Gasteiger partial charge in [-0.05, 0) is 84.9 Å². The van der Waals surface area contributed by atoms with Gasteiger partial charge in [0, 0.05) is 17.1 Å². The second-order valence-corrected chi connectivity index (χ2v) is 10.7. The van der Waals surface area contributed by atoms with E-state index in [1.807, 2.05) is 58.0 Å². The SMILES string of the molecule is CCCSc1nc2n(n1)C(c1cc(Br)c(OC)c(OCC)c1)C(C(=O)Nc1cccc(C)c1C)=C(C)N2. The van der Waals surface area contributed by atoms with Gasteiger partial charge in [-0.3, -0.25) is 4.79 Å². The molecule has 8 nitrogen and oxygen atoms in total. The van der Waals surface area contributed by atoms with Crippen LogP contribution in [0, 0.1) is 13.8 Å². The summed E-state index contributed by atoms with van der Waals surface area (Å²) in [5.41, 5.74) is 4.99. The predicted molar refractivity (Wildman–Crippen MR) is 152 cm³/mol. The van der Waals surface area contributed by atoms with Crippen molar-refractivity contribution in [3.63, 3.8) is 0 Å². The van der Waals surface area contributed by atoms with Gasteiger partial charge >= 0.3 is 0 Å². The highest BCUT2D eigenvalue weighted by atomic mass is 79.9. The van der Waals surface area contributed by atoms with Crippen molar-refractivity contribution in [2.45, 2.75) is 52.2 Å². The Morgan fingerprint density at radius 2 is 2.03 bits per heavy atom. The lowest BCUT2D eigenvalue weighted by molar-refractivity contribution is -0.113. The third kappa shape index (κ3) is 5.50. The number of aryl methyl sites for hydroxylation is 1. The van der Waals surface area contributed by atoms with Crippen LogP contribution in [0.5, 0.6) is 11.5 Å². The molecule has 4 rings (SSSR count). The summed E-state index contributed by atoms with van der Waals surface area (Å²) in [7, 11) is 1.60. The summed E-state index contributed by atoms with van der Waals surface area (Å²) in [6.45, 7) is 10.4. The molecule has 1 unspecified atom stereocenters. The van der Waals surface area contributed by atoms with E-state index in [1.165, 1.54) is 0 Å². The van der Waals surface area contributed by atoms with Crippen molar-refractivity contribution >= 4 is 45.2 Å². The Balaban J connectivity index is 1.85. The molecule has 37 heavy (non-hydrogen) atoms. The molecule has 10 heteroatoms. The van der Waals surface area contributed by atoms with E-state index >= 15 is 0 Å². The van der Waals surface area contributed by atoms with Gasteiger partial charge in [0.15, 0.2) is 11.5 Å². The molecule has 1 aliphatic rings. The molecule has 0 saturated carbocycles. The van der Waals surface area contributed by atoms with Crippen LogP contribution < -0.4 is 20.1 Å². The maximum absolute atomic E-state index is 13.9. The van der Waals surface area contributed by atoms with Crippen molar-refractivity contribution in [3.8, 4) is 11.5 Å². The number of fused-ring (bicyclic) bond motifs is 1. The first-order chi connectivity index (χ1) is 17.8. The number of thioether (sulfide) groups is 1. The van der Waals surface area contributed by atoms with Crippen LogP contribution in [-0.2, 0) is 4.79 Å². The van der Waals surface area contributed by atoms with Gasteiger partial charge in [0.05, 0.1) is 23.8 Å². The monoisotopic (exact) mass is 585 g/mol. The lowest BCUT2D eigenvalue weighted by Crippen LogP contribution is -2.31. The van der Waals surface area contributed by atoms with Crippen LogP contribution in [0.2, 0.25) is 0 Å². The number of benzene rings is 2. The Morgan fingerprint density at radius 3 is 2.73 bits per heavy atom. The molecule has 196 valence electrons. The van der Waals surface area contributed by atoms with E-state index in [4.69, 9.17) is 19.6 Å². The van der Waals surface area contributed by atoms with E-state index in [-0.39, 0.29) is 5.91 Å². The van der Waals surface area contributed by atoms with Crippen LogP contribution >= 0.6 is 27.7 Å². The number of methoxy groups -OCH3 is 1. The number of allylic oxidation sites excluding steroid dienone is 1. The summed E-state index contributed by atoms with van der Waals surface area (Å²) in [4.78, 5) is 18.6. The fraction of sp³-hybridized carbons (Fsp3) is 0.370. The maximum Gasteiger partial charge on any atom is 0.255 e. The van der Waals surface area contributed by atoms with E-state index < -0.39 is 6.04 Å². The number of anilines is 2. The summed E-state index contributed by atoms with van der Waals surface area (Å²) in [6.07, 6.45) is 1.01. The molecular weight excluding hydrogens is 554 g/mol. The molecule has 1 aromatic heterocycles. The number of nitrogens with zero attached hydrogens (tertiary/aromatic N) is 3. The summed E-state index contributed by atoms with van der Waals surface area (Å²) in [5, 5.41) is 11.9. The quantitative estimate of drug-likeness (QED) is 0.277. The first kappa shape index (κ1) is 27.1. The summed E-state index contributed by atoms with van der Waals surface area (Å²) in [5.74, 6) is 2.47. The average molecular weight is 587 g/mol. The number of ether oxygens (including phenoxy) is 2. The molecule has 0 spiro atoms. The van der Waals surface area contributed by atoms with Crippen molar-refractivity contribution in [2.24, 2.45) is 0 Å². The first-order valence-electron chi connectivity index (χ1n) is 12.2. The van der Waals surface area contributed by atoms with Crippen LogP contribution in [0.25, 0.3) is 0 Å². The third-order valence-corrected chi connectivity index (χ3v) is 7.85. The second kappa shape index (κ2) is 11.6. The van der Waals surface area contributed by atoms with Gasteiger partial charge in [0.2, 0.25) is 11.1 Å². The van der Waals surface area contributed by atoms with Crippen molar-refractivity contribution in [1.82, 2.24) is 14.8 Å². The lowest BCUT2D eigenvalue weighted by Gasteiger charge is -2.29. The standard InChI is InChI=1S/C27H32BrN5O3S/c1-7-12-37-27-31-26-29-17(5)22(25(34)30-20-11-9-10-15(3)16(20)4)23(33(26)32-27)18-13-19(28)24(35-6)21(14-18)36-8-2/h9-11,13-14,23H,7-8,12H2,1-6H3,(H,30,34)(H,29,31,32). The number of halogens is 1. The van der Waals surface area contributed by atoms with Crippen molar-refractivity contribution < 1.29 is 14.3 Å². The van der Waals surface area contributed by atoms with Gasteiger partial charge in [0.1, 0.15) is 6.04 Å². The molecule has 0 saturated heterocycles. The predicted octanol–water partition coefficient (Wildman–Crippen LogP) is 6.49. The number of nitrogens with one attached hydrogen (secondary N) is 2. The fourth-order valence-electron chi connectivity index (χ4n) is 4.27. The molecule has 2 aromatic carbocycles. The van der Waals surface area contributed by atoms with E-state index in [0.717, 1.165) is 39.0 Å². The normalized spacial score (nSPS) is 14.7. The number of amides is 1. The minimum atomic E-state index is -0.536. The lowest BCUT2D eigenvalue weighted by atomic mass is 9.94. The average Bonchev–Trinajstić information content (AvgIpc) is 3.26. The van der Waals surface area contributed by atoms with Gasteiger partial charge < -0.3 is 20.1 Å². The van der Waals surface area contributed by atoms with E-state index in [1.54, 1.807) is 23.6 Å². The highest BCUT2D eigenvalue weighted by Crippen LogP contribution is 2.43. The Morgan fingerprint density at radius 1 is 1.24 bits per heavy atom. The molecule has 0 radical (unpaired) electrons. The molecule has 1 aliphatic heterocycles. The van der Waals surface area contributed by atoms with Crippen molar-refractivity contribution in [3.05, 3.63) is 62.8 Å². The minimum absolute atomic E-state index is 0.211. The first-order valence-corrected chi connectivity index (χ1v) is 14.0. The molecule has 0 bridgehead atoms. The Labute approximate surface area is 230 Å². The molecule has 1 atom stereocenters. The van der Waals surface area contributed by atoms with Gasteiger partial charge in [-0.2, -0.15) is 4.98 Å². The van der Waals surface area contributed by atoms with Crippen molar-refractivity contribution in [1.29, 1.82) is 0 Å². The zero-order valence-electron chi connectivity index (χ0n) is 21.9. The molecule has 0 aliphatic carbocycles. The van der Waals surface area contributed by atoms with Crippen LogP contribution in [0.3, 0.4) is 0 Å². The molecular formula is C27H32BrN5O3S. The number of carbonyl (C=O) groups excluding carboxylic acids is 1. The number of aromatic nitrogens is 3. The van der Waals surface area contributed by atoms with E-state index in [0.29, 0.717) is 40.5 Å². The summed E-state index contributed by atoms with van der Waals surface area (Å²) < 4.78 is 14.0. The zero-order chi connectivity index (χ0) is 26.7.